The number of carbonyl (C=O) groups excluding carboxylic acids is 2. The van der Waals surface area contributed by atoms with Crippen molar-refractivity contribution in [3.05, 3.63) is 23.8 Å². The summed E-state index contributed by atoms with van der Waals surface area (Å²) in [4.78, 5) is 24.2. The Bertz CT molecular complexity index is 547. The molecule has 4 heteroatoms. The van der Waals surface area contributed by atoms with Gasteiger partial charge in [0.2, 0.25) is 5.91 Å². The van der Waals surface area contributed by atoms with Gasteiger partial charge in [-0.25, -0.2) is 0 Å². The number of benzene rings is 1. The van der Waals surface area contributed by atoms with Gasteiger partial charge in [-0.15, -0.1) is 0 Å². The first-order valence-electron chi connectivity index (χ1n) is 6.91. The number of Topliss-reactive ketones (excluding diaryl/α,β-unsaturated/α-hetero) is 1. The highest BCUT2D eigenvalue weighted by Gasteiger charge is 2.32. The molecule has 108 valence electrons. The van der Waals surface area contributed by atoms with E-state index in [1.54, 1.807) is 18.2 Å². The fourth-order valence-corrected chi connectivity index (χ4v) is 2.03. The highest BCUT2D eigenvalue weighted by molar-refractivity contribution is 6.01. The van der Waals surface area contributed by atoms with Crippen molar-refractivity contribution >= 4 is 17.4 Å². The number of carbonyl (C=O) groups is 2. The molecule has 1 aromatic rings. The standard InChI is InChI=1S/C16H21NO3/c1-10(2)7-13(18)11-5-6-14-12(8-11)17-15(19)16(3,4)9-20-14/h5-6,8,10H,7,9H2,1-4H3,(H,17,19). The summed E-state index contributed by atoms with van der Waals surface area (Å²) < 4.78 is 5.66. The zero-order valence-electron chi connectivity index (χ0n) is 12.4. The van der Waals surface area contributed by atoms with Gasteiger partial charge < -0.3 is 10.1 Å². The molecule has 1 heterocycles. The molecular weight excluding hydrogens is 254 g/mol. The van der Waals surface area contributed by atoms with Crippen LogP contribution in [0.15, 0.2) is 18.2 Å². The van der Waals surface area contributed by atoms with Gasteiger partial charge in [0.15, 0.2) is 5.78 Å². The average molecular weight is 275 g/mol. The lowest BCUT2D eigenvalue weighted by Gasteiger charge is -2.18. The van der Waals surface area contributed by atoms with E-state index in [1.807, 2.05) is 27.7 Å². The van der Waals surface area contributed by atoms with Crippen LogP contribution in [0.25, 0.3) is 0 Å². The molecule has 0 bridgehead atoms. The second kappa shape index (κ2) is 5.27. The van der Waals surface area contributed by atoms with Gasteiger partial charge in [-0.3, -0.25) is 9.59 Å². The van der Waals surface area contributed by atoms with Gasteiger partial charge in [-0.2, -0.15) is 0 Å². The Morgan fingerprint density at radius 1 is 1.40 bits per heavy atom. The molecule has 0 radical (unpaired) electrons. The van der Waals surface area contributed by atoms with Crippen molar-refractivity contribution in [2.45, 2.75) is 34.1 Å². The Morgan fingerprint density at radius 3 is 2.75 bits per heavy atom. The molecule has 0 fully saturated rings. The molecule has 1 aliphatic rings. The van der Waals surface area contributed by atoms with Crippen LogP contribution in [-0.2, 0) is 4.79 Å². The Kier molecular flexibility index (Phi) is 3.84. The lowest BCUT2D eigenvalue weighted by Crippen LogP contribution is -2.33. The second-order valence-corrected chi connectivity index (χ2v) is 6.36. The molecule has 0 saturated heterocycles. The van der Waals surface area contributed by atoms with Gasteiger partial charge in [0.25, 0.3) is 0 Å². The maximum absolute atomic E-state index is 12.1. The summed E-state index contributed by atoms with van der Waals surface area (Å²) >= 11 is 0. The molecule has 1 aromatic carbocycles. The number of ether oxygens (including phenoxy) is 1. The van der Waals surface area contributed by atoms with Gasteiger partial charge in [0.05, 0.1) is 11.1 Å². The van der Waals surface area contributed by atoms with Crippen LogP contribution >= 0.6 is 0 Å². The van der Waals surface area contributed by atoms with E-state index < -0.39 is 5.41 Å². The zero-order valence-corrected chi connectivity index (χ0v) is 12.4. The minimum atomic E-state index is -0.582. The summed E-state index contributed by atoms with van der Waals surface area (Å²) in [5, 5.41) is 2.85. The predicted octanol–water partition coefficient (Wildman–Crippen LogP) is 3.27. The van der Waals surface area contributed by atoms with E-state index in [4.69, 9.17) is 4.74 Å². The molecule has 0 aliphatic carbocycles. The number of anilines is 1. The molecule has 0 spiro atoms. The summed E-state index contributed by atoms with van der Waals surface area (Å²) in [6, 6.07) is 5.22. The largest absolute Gasteiger partial charge is 0.490 e. The summed E-state index contributed by atoms with van der Waals surface area (Å²) in [6.45, 7) is 8.01. The highest BCUT2D eigenvalue weighted by atomic mass is 16.5. The molecule has 0 atom stereocenters. The third kappa shape index (κ3) is 3.00. The van der Waals surface area contributed by atoms with Crippen molar-refractivity contribution in [1.82, 2.24) is 0 Å². The molecule has 0 saturated carbocycles. The normalized spacial score (nSPS) is 16.9. The summed E-state index contributed by atoms with van der Waals surface area (Å²) in [5.74, 6) is 0.918. The van der Waals surface area contributed by atoms with Crippen LogP contribution in [-0.4, -0.2) is 18.3 Å². The molecule has 1 aliphatic heterocycles. The minimum Gasteiger partial charge on any atom is -0.490 e. The number of ketones is 1. The van der Waals surface area contributed by atoms with Gasteiger partial charge in [0, 0.05) is 12.0 Å². The van der Waals surface area contributed by atoms with Gasteiger partial charge in [-0.1, -0.05) is 13.8 Å². The summed E-state index contributed by atoms with van der Waals surface area (Å²) in [6.07, 6.45) is 0.499. The van der Waals surface area contributed by atoms with E-state index >= 15 is 0 Å². The van der Waals surface area contributed by atoms with Crippen LogP contribution in [0.3, 0.4) is 0 Å². The summed E-state index contributed by atoms with van der Waals surface area (Å²) in [5.41, 5.74) is 0.609. The van der Waals surface area contributed by atoms with Crippen LogP contribution in [0.4, 0.5) is 5.69 Å². The van der Waals surface area contributed by atoms with Gasteiger partial charge >= 0.3 is 0 Å². The molecular formula is C16H21NO3. The summed E-state index contributed by atoms with van der Waals surface area (Å²) in [7, 11) is 0. The van der Waals surface area contributed by atoms with Gasteiger partial charge in [-0.05, 0) is 38.0 Å². The Morgan fingerprint density at radius 2 is 2.10 bits per heavy atom. The fourth-order valence-electron chi connectivity index (χ4n) is 2.03. The Labute approximate surface area is 119 Å². The van der Waals surface area contributed by atoms with Crippen molar-refractivity contribution < 1.29 is 14.3 Å². The average Bonchev–Trinajstić information content (AvgIpc) is 2.46. The Hall–Kier alpha value is -1.84. The van der Waals surface area contributed by atoms with E-state index in [0.29, 0.717) is 35.9 Å². The number of amides is 1. The number of nitrogens with one attached hydrogen (secondary N) is 1. The van der Waals surface area contributed by atoms with Crippen LogP contribution in [0.5, 0.6) is 5.75 Å². The van der Waals surface area contributed by atoms with Crippen molar-refractivity contribution in [1.29, 1.82) is 0 Å². The molecule has 1 amide bonds. The lowest BCUT2D eigenvalue weighted by molar-refractivity contribution is -0.124. The molecule has 1 N–H and O–H groups in total. The van der Waals surface area contributed by atoms with E-state index in [2.05, 4.69) is 5.32 Å². The van der Waals surface area contributed by atoms with Crippen LogP contribution < -0.4 is 10.1 Å². The zero-order chi connectivity index (χ0) is 14.9. The third-order valence-electron chi connectivity index (χ3n) is 3.35. The second-order valence-electron chi connectivity index (χ2n) is 6.36. The molecule has 2 rings (SSSR count). The van der Waals surface area contributed by atoms with Gasteiger partial charge in [0.1, 0.15) is 12.4 Å². The van der Waals surface area contributed by atoms with Crippen LogP contribution in [0.1, 0.15) is 44.5 Å². The molecule has 0 unspecified atom stereocenters. The predicted molar refractivity (Wildman–Crippen MR) is 78.1 cm³/mol. The van der Waals surface area contributed by atoms with Crippen LogP contribution in [0.2, 0.25) is 0 Å². The van der Waals surface area contributed by atoms with E-state index in [0.717, 1.165) is 0 Å². The van der Waals surface area contributed by atoms with Crippen LogP contribution in [0, 0.1) is 11.3 Å². The topological polar surface area (TPSA) is 55.4 Å². The monoisotopic (exact) mass is 275 g/mol. The van der Waals surface area contributed by atoms with E-state index in [9.17, 15) is 9.59 Å². The SMILES string of the molecule is CC(C)CC(=O)c1ccc2c(c1)NC(=O)C(C)(C)CO2. The quantitative estimate of drug-likeness (QED) is 0.861. The number of hydrogen-bond acceptors (Lipinski definition) is 3. The Balaban J connectivity index is 2.29. The highest BCUT2D eigenvalue weighted by Crippen LogP contribution is 2.33. The first-order chi connectivity index (χ1) is 9.29. The van der Waals surface area contributed by atoms with Crippen molar-refractivity contribution in [3.8, 4) is 5.75 Å². The number of fused-ring (bicyclic) bond motifs is 1. The minimum absolute atomic E-state index is 0.0838. The van der Waals surface area contributed by atoms with E-state index in [-0.39, 0.29) is 11.7 Å². The molecule has 4 nitrogen and oxygen atoms in total. The van der Waals surface area contributed by atoms with Crippen molar-refractivity contribution in [2.75, 3.05) is 11.9 Å². The molecule has 20 heavy (non-hydrogen) atoms. The van der Waals surface area contributed by atoms with E-state index in [1.165, 1.54) is 0 Å². The fraction of sp³-hybridized carbons (Fsp3) is 0.500. The first-order valence-corrected chi connectivity index (χ1v) is 6.91. The number of hydrogen-bond donors (Lipinski definition) is 1. The molecule has 0 aromatic heterocycles. The number of rotatable bonds is 3. The first kappa shape index (κ1) is 14.6. The maximum Gasteiger partial charge on any atom is 0.233 e. The lowest BCUT2D eigenvalue weighted by atomic mass is 9.94. The third-order valence-corrected chi connectivity index (χ3v) is 3.35. The smallest absolute Gasteiger partial charge is 0.233 e. The van der Waals surface area contributed by atoms with Crippen molar-refractivity contribution in [3.63, 3.8) is 0 Å². The van der Waals surface area contributed by atoms with Crippen molar-refractivity contribution in [2.24, 2.45) is 11.3 Å². The maximum atomic E-state index is 12.1.